The SMILES string of the molecule is CC(C1CC1)C(O)(Cn1cncn1)c1ccc(Cl)cc1.CCO[P+](=O)O. The van der Waals surface area contributed by atoms with Crippen LogP contribution in [0.4, 0.5) is 0 Å². The van der Waals surface area contributed by atoms with Crippen LogP contribution in [0.1, 0.15) is 32.3 Å². The minimum Gasteiger partial charge on any atom is -0.383 e. The molecule has 0 radical (unpaired) electrons. The topological polar surface area (TPSA) is 97.5 Å². The zero-order chi connectivity index (χ0) is 19.2. The van der Waals surface area contributed by atoms with Crippen LogP contribution in [0.5, 0.6) is 0 Å². The summed E-state index contributed by atoms with van der Waals surface area (Å²) in [7, 11) is -2.35. The molecule has 2 N–H and O–H groups in total. The summed E-state index contributed by atoms with van der Waals surface area (Å²) in [6.07, 6.45) is 5.51. The highest BCUT2D eigenvalue weighted by atomic mass is 35.5. The Kier molecular flexibility index (Phi) is 7.68. The van der Waals surface area contributed by atoms with E-state index in [1.165, 1.54) is 19.2 Å². The molecule has 3 atom stereocenters. The van der Waals surface area contributed by atoms with Crippen LogP contribution in [0, 0.1) is 11.8 Å². The number of aliphatic hydroxyl groups is 1. The Balaban J connectivity index is 0.000000352. The summed E-state index contributed by atoms with van der Waals surface area (Å²) in [5, 5.41) is 16.1. The molecular formula is C17H24ClN3O4P+. The van der Waals surface area contributed by atoms with Gasteiger partial charge in [0.2, 0.25) is 0 Å². The summed E-state index contributed by atoms with van der Waals surface area (Å²) >= 11 is 5.95. The molecule has 142 valence electrons. The van der Waals surface area contributed by atoms with Crippen LogP contribution >= 0.6 is 19.9 Å². The van der Waals surface area contributed by atoms with Gasteiger partial charge in [0.25, 0.3) is 0 Å². The molecule has 3 unspecified atom stereocenters. The van der Waals surface area contributed by atoms with Gasteiger partial charge in [-0.15, -0.1) is 9.42 Å². The Morgan fingerprint density at radius 2 is 2.08 bits per heavy atom. The highest BCUT2D eigenvalue weighted by molar-refractivity contribution is 7.32. The fourth-order valence-corrected chi connectivity index (χ4v) is 3.24. The van der Waals surface area contributed by atoms with E-state index in [-0.39, 0.29) is 5.92 Å². The van der Waals surface area contributed by atoms with E-state index >= 15 is 0 Å². The van der Waals surface area contributed by atoms with E-state index in [2.05, 4.69) is 21.5 Å². The van der Waals surface area contributed by atoms with Crippen LogP contribution < -0.4 is 0 Å². The van der Waals surface area contributed by atoms with Gasteiger partial charge in [-0.1, -0.05) is 30.7 Å². The Hall–Kier alpha value is -1.37. The molecule has 9 heteroatoms. The lowest BCUT2D eigenvalue weighted by Crippen LogP contribution is -2.39. The van der Waals surface area contributed by atoms with Gasteiger partial charge in [0, 0.05) is 9.59 Å². The monoisotopic (exact) mass is 400 g/mol. The Morgan fingerprint density at radius 3 is 2.50 bits per heavy atom. The van der Waals surface area contributed by atoms with Gasteiger partial charge in [-0.3, -0.25) is 0 Å². The molecule has 1 saturated carbocycles. The van der Waals surface area contributed by atoms with E-state index in [1.807, 2.05) is 24.3 Å². The fraction of sp³-hybridized carbons (Fsp3) is 0.529. The molecule has 1 aliphatic rings. The minimum atomic E-state index is -2.35. The molecule has 0 aliphatic heterocycles. The minimum absolute atomic E-state index is 0.174. The maximum Gasteiger partial charge on any atom is 0.694 e. The summed E-state index contributed by atoms with van der Waals surface area (Å²) < 4.78 is 15.3. The average Bonchev–Trinajstić information content (AvgIpc) is 3.33. The Labute approximate surface area is 158 Å². The van der Waals surface area contributed by atoms with Crippen molar-refractivity contribution in [2.24, 2.45) is 11.8 Å². The summed E-state index contributed by atoms with van der Waals surface area (Å²) in [5.74, 6) is 0.757. The van der Waals surface area contributed by atoms with Crippen molar-refractivity contribution in [3.05, 3.63) is 47.5 Å². The summed E-state index contributed by atoms with van der Waals surface area (Å²) in [4.78, 5) is 11.8. The van der Waals surface area contributed by atoms with E-state index in [0.29, 0.717) is 24.1 Å². The second-order valence-electron chi connectivity index (χ2n) is 6.31. The lowest BCUT2D eigenvalue weighted by molar-refractivity contribution is -0.0442. The molecule has 1 heterocycles. The van der Waals surface area contributed by atoms with Crippen molar-refractivity contribution in [2.75, 3.05) is 6.61 Å². The van der Waals surface area contributed by atoms with Crippen molar-refractivity contribution in [1.82, 2.24) is 14.8 Å². The van der Waals surface area contributed by atoms with E-state index < -0.39 is 13.9 Å². The fourth-order valence-electron chi connectivity index (χ4n) is 2.89. The lowest BCUT2D eigenvalue weighted by atomic mass is 9.79. The van der Waals surface area contributed by atoms with E-state index in [1.54, 1.807) is 17.9 Å². The van der Waals surface area contributed by atoms with Gasteiger partial charge < -0.3 is 5.11 Å². The van der Waals surface area contributed by atoms with Crippen LogP contribution in [0.3, 0.4) is 0 Å². The normalized spacial score (nSPS) is 17.7. The molecule has 3 rings (SSSR count). The maximum atomic E-state index is 11.3. The Morgan fingerprint density at radius 1 is 1.42 bits per heavy atom. The van der Waals surface area contributed by atoms with Crippen molar-refractivity contribution in [1.29, 1.82) is 0 Å². The number of nitrogens with zero attached hydrogens (tertiary/aromatic N) is 3. The first-order chi connectivity index (χ1) is 12.4. The Bertz CT molecular complexity index is 695. The van der Waals surface area contributed by atoms with Gasteiger partial charge in [-0.25, -0.2) is 9.67 Å². The molecular weight excluding hydrogens is 377 g/mol. The van der Waals surface area contributed by atoms with Crippen molar-refractivity contribution in [3.8, 4) is 0 Å². The molecule has 2 aromatic rings. The van der Waals surface area contributed by atoms with Crippen molar-refractivity contribution in [3.63, 3.8) is 0 Å². The first kappa shape index (κ1) is 20.9. The zero-order valence-electron chi connectivity index (χ0n) is 14.8. The summed E-state index contributed by atoms with van der Waals surface area (Å²) in [5.41, 5.74) is -0.0591. The molecule has 0 saturated heterocycles. The maximum absolute atomic E-state index is 11.3. The van der Waals surface area contributed by atoms with E-state index in [0.717, 1.165) is 5.56 Å². The standard InChI is InChI=1S/C15H18ClN3O.C2H5O3P/c1-11(12-2-3-12)15(20,8-19-10-17-9-18-19)13-4-6-14(16)7-5-13;1-2-5-6(3)4/h4-7,9-12,20H,2-3,8H2,1H3;2H2,1H3/p+1. The number of hydrogen-bond donors (Lipinski definition) is 2. The quantitative estimate of drug-likeness (QED) is 0.690. The lowest BCUT2D eigenvalue weighted by Gasteiger charge is -2.35. The third kappa shape index (κ3) is 5.83. The van der Waals surface area contributed by atoms with Gasteiger partial charge in [0.15, 0.2) is 0 Å². The van der Waals surface area contributed by atoms with Crippen LogP contribution in [0.25, 0.3) is 0 Å². The molecule has 0 amide bonds. The summed E-state index contributed by atoms with van der Waals surface area (Å²) in [6, 6.07) is 7.45. The second-order valence-corrected chi connectivity index (χ2v) is 7.48. The van der Waals surface area contributed by atoms with Crippen molar-refractivity contribution >= 4 is 19.9 Å². The highest BCUT2D eigenvalue weighted by Crippen LogP contribution is 2.46. The van der Waals surface area contributed by atoms with Gasteiger partial charge >= 0.3 is 8.25 Å². The second kappa shape index (κ2) is 9.53. The van der Waals surface area contributed by atoms with Gasteiger partial charge in [0.05, 0.1) is 6.54 Å². The summed E-state index contributed by atoms with van der Waals surface area (Å²) in [6.45, 7) is 4.48. The largest absolute Gasteiger partial charge is 0.694 e. The van der Waals surface area contributed by atoms with Crippen LogP contribution in [0.15, 0.2) is 36.9 Å². The molecule has 1 aliphatic carbocycles. The molecule has 0 bridgehead atoms. The molecule has 1 aromatic heterocycles. The molecule has 0 spiro atoms. The smallest absolute Gasteiger partial charge is 0.383 e. The molecule has 7 nitrogen and oxygen atoms in total. The predicted octanol–water partition coefficient (Wildman–Crippen LogP) is 3.54. The first-order valence-corrected chi connectivity index (χ1v) is 9.97. The third-order valence-corrected chi connectivity index (χ3v) is 5.27. The van der Waals surface area contributed by atoms with Crippen molar-refractivity contribution < 1.29 is 19.1 Å². The highest BCUT2D eigenvalue weighted by Gasteiger charge is 2.44. The van der Waals surface area contributed by atoms with Crippen LogP contribution in [0.2, 0.25) is 5.02 Å². The van der Waals surface area contributed by atoms with Gasteiger partial charge in [-0.05, 0) is 49.3 Å². The number of halogens is 1. The van der Waals surface area contributed by atoms with E-state index in [4.69, 9.17) is 16.5 Å². The number of rotatable bonds is 7. The number of hydrogen-bond acceptors (Lipinski definition) is 5. The zero-order valence-corrected chi connectivity index (χ0v) is 16.5. The predicted molar refractivity (Wildman–Crippen MR) is 98.7 cm³/mol. The van der Waals surface area contributed by atoms with Gasteiger partial charge in [-0.2, -0.15) is 5.10 Å². The number of benzene rings is 1. The van der Waals surface area contributed by atoms with Gasteiger partial charge in [0.1, 0.15) is 24.9 Å². The van der Waals surface area contributed by atoms with Crippen LogP contribution in [-0.2, 0) is 21.2 Å². The van der Waals surface area contributed by atoms with E-state index in [9.17, 15) is 9.67 Å². The first-order valence-electron chi connectivity index (χ1n) is 8.46. The van der Waals surface area contributed by atoms with Crippen molar-refractivity contribution in [2.45, 2.75) is 38.8 Å². The molecule has 1 aromatic carbocycles. The molecule has 1 fully saturated rings. The number of aromatic nitrogens is 3. The van der Waals surface area contributed by atoms with Crippen LogP contribution in [-0.4, -0.2) is 31.4 Å². The average molecular weight is 401 g/mol. The molecule has 26 heavy (non-hydrogen) atoms. The third-order valence-electron chi connectivity index (χ3n) is 4.54.